The van der Waals surface area contributed by atoms with Crippen molar-refractivity contribution in [2.45, 2.75) is 39.4 Å². The molecule has 0 saturated carbocycles. The van der Waals surface area contributed by atoms with E-state index in [1.54, 1.807) is 11.3 Å². The molecule has 0 bridgehead atoms. The van der Waals surface area contributed by atoms with Crippen molar-refractivity contribution in [2.24, 2.45) is 0 Å². The minimum atomic E-state index is 0.473. The van der Waals surface area contributed by atoms with E-state index in [1.165, 1.54) is 0 Å². The number of rotatable bonds is 6. The first-order chi connectivity index (χ1) is 8.24. The molecule has 0 amide bonds. The lowest BCUT2D eigenvalue weighted by Gasteiger charge is -2.12. The van der Waals surface area contributed by atoms with Crippen molar-refractivity contribution >= 4 is 11.3 Å². The summed E-state index contributed by atoms with van der Waals surface area (Å²) in [6.07, 6.45) is 4.89. The van der Waals surface area contributed by atoms with Crippen LogP contribution in [-0.2, 0) is 13.1 Å². The number of nitrogens with zero attached hydrogens (tertiary/aromatic N) is 3. The lowest BCUT2D eigenvalue weighted by atomic mass is 10.2. The summed E-state index contributed by atoms with van der Waals surface area (Å²) in [6.45, 7) is 6.04. The van der Waals surface area contributed by atoms with Crippen molar-refractivity contribution in [1.82, 2.24) is 20.1 Å². The summed E-state index contributed by atoms with van der Waals surface area (Å²) < 4.78 is 1.96. The lowest BCUT2D eigenvalue weighted by molar-refractivity contribution is 0.456. The number of aryl methyl sites for hydroxylation is 2. The number of aromatic nitrogens is 3. The van der Waals surface area contributed by atoms with Crippen LogP contribution in [0.3, 0.4) is 0 Å². The van der Waals surface area contributed by atoms with Crippen LogP contribution in [0.4, 0.5) is 0 Å². The van der Waals surface area contributed by atoms with Crippen molar-refractivity contribution in [2.75, 3.05) is 0 Å². The van der Waals surface area contributed by atoms with Gasteiger partial charge in [0.1, 0.15) is 0 Å². The van der Waals surface area contributed by atoms with Crippen LogP contribution in [0, 0.1) is 6.92 Å². The van der Waals surface area contributed by atoms with Gasteiger partial charge < -0.3 is 5.32 Å². The monoisotopic (exact) mass is 250 g/mol. The van der Waals surface area contributed by atoms with Gasteiger partial charge in [0.15, 0.2) is 0 Å². The van der Waals surface area contributed by atoms with E-state index in [9.17, 15) is 0 Å². The summed E-state index contributed by atoms with van der Waals surface area (Å²) in [6, 6.07) is 2.43. The molecule has 2 aromatic heterocycles. The van der Waals surface area contributed by atoms with Gasteiger partial charge in [-0.15, -0.1) is 11.3 Å². The first-order valence-corrected chi connectivity index (χ1v) is 6.74. The first-order valence-electron chi connectivity index (χ1n) is 5.86. The molecule has 0 unspecified atom stereocenters. The largest absolute Gasteiger partial charge is 0.309 e. The maximum Gasteiger partial charge on any atom is 0.0897 e. The van der Waals surface area contributed by atoms with Gasteiger partial charge in [0.25, 0.3) is 0 Å². The highest BCUT2D eigenvalue weighted by Crippen LogP contribution is 2.07. The Morgan fingerprint density at radius 3 is 3.06 bits per heavy atom. The molecule has 1 atom stereocenters. The molecule has 0 aliphatic heterocycles. The standard InChI is InChI=1S/C12H18N4S/c1-10(4-7-16-6-3-5-14-16)13-8-12-9-17-11(2)15-12/h3,5-6,9-10,13H,4,7-8H2,1-2H3/t10-/m1/s1. The summed E-state index contributed by atoms with van der Waals surface area (Å²) in [4.78, 5) is 4.43. The van der Waals surface area contributed by atoms with Gasteiger partial charge in [-0.05, 0) is 26.3 Å². The van der Waals surface area contributed by atoms with Gasteiger partial charge in [0, 0.05) is 36.9 Å². The highest BCUT2D eigenvalue weighted by molar-refractivity contribution is 7.09. The molecule has 1 N–H and O–H groups in total. The van der Waals surface area contributed by atoms with Gasteiger partial charge in [-0.2, -0.15) is 5.10 Å². The van der Waals surface area contributed by atoms with Crippen molar-refractivity contribution in [3.8, 4) is 0 Å². The SMILES string of the molecule is Cc1nc(CN[C@H](C)CCn2cccn2)cs1. The average molecular weight is 250 g/mol. The minimum Gasteiger partial charge on any atom is -0.309 e. The Kier molecular flexibility index (Phi) is 4.28. The first kappa shape index (κ1) is 12.3. The van der Waals surface area contributed by atoms with Gasteiger partial charge in [-0.1, -0.05) is 0 Å². The second-order valence-electron chi connectivity index (χ2n) is 4.20. The maximum atomic E-state index is 4.43. The third-order valence-corrected chi connectivity index (χ3v) is 3.47. The molecule has 0 aromatic carbocycles. The predicted octanol–water partition coefficient (Wildman–Crippen LogP) is 2.22. The van der Waals surface area contributed by atoms with E-state index in [-0.39, 0.29) is 0 Å². The van der Waals surface area contributed by atoms with Gasteiger partial charge >= 0.3 is 0 Å². The Morgan fingerprint density at radius 1 is 1.53 bits per heavy atom. The molecule has 17 heavy (non-hydrogen) atoms. The van der Waals surface area contributed by atoms with Crippen LogP contribution in [0.25, 0.3) is 0 Å². The summed E-state index contributed by atoms with van der Waals surface area (Å²) in [5.41, 5.74) is 1.14. The zero-order chi connectivity index (χ0) is 12.1. The Morgan fingerprint density at radius 2 is 2.41 bits per heavy atom. The van der Waals surface area contributed by atoms with Gasteiger partial charge in [0.05, 0.1) is 10.7 Å². The predicted molar refractivity (Wildman–Crippen MR) is 70.0 cm³/mol. The van der Waals surface area contributed by atoms with E-state index in [2.05, 4.69) is 27.7 Å². The lowest BCUT2D eigenvalue weighted by Crippen LogP contribution is -2.27. The van der Waals surface area contributed by atoms with Crippen molar-refractivity contribution in [3.05, 3.63) is 34.5 Å². The second kappa shape index (κ2) is 5.93. The average Bonchev–Trinajstić information content (AvgIpc) is 2.95. The molecule has 0 radical (unpaired) electrons. The van der Waals surface area contributed by atoms with Crippen LogP contribution in [0.5, 0.6) is 0 Å². The molecule has 2 heterocycles. The molecule has 0 spiro atoms. The van der Waals surface area contributed by atoms with Crippen LogP contribution in [0.1, 0.15) is 24.0 Å². The summed E-state index contributed by atoms with van der Waals surface area (Å²) in [7, 11) is 0. The molecule has 5 heteroatoms. The number of thiazole rings is 1. The smallest absolute Gasteiger partial charge is 0.0897 e. The van der Waals surface area contributed by atoms with Gasteiger partial charge in [-0.25, -0.2) is 4.98 Å². The minimum absolute atomic E-state index is 0.473. The van der Waals surface area contributed by atoms with Crippen LogP contribution < -0.4 is 5.32 Å². The summed E-state index contributed by atoms with van der Waals surface area (Å²) in [5.74, 6) is 0. The van der Waals surface area contributed by atoms with Crippen molar-refractivity contribution in [3.63, 3.8) is 0 Å². The van der Waals surface area contributed by atoms with E-state index in [1.807, 2.05) is 30.1 Å². The molecule has 0 aliphatic carbocycles. The Bertz CT molecular complexity index is 435. The number of hydrogen-bond acceptors (Lipinski definition) is 4. The quantitative estimate of drug-likeness (QED) is 0.855. The zero-order valence-corrected chi connectivity index (χ0v) is 11.1. The maximum absolute atomic E-state index is 4.43. The highest BCUT2D eigenvalue weighted by Gasteiger charge is 2.03. The van der Waals surface area contributed by atoms with E-state index in [0.29, 0.717) is 6.04 Å². The topological polar surface area (TPSA) is 42.7 Å². The van der Waals surface area contributed by atoms with Gasteiger partial charge in [0.2, 0.25) is 0 Å². The summed E-state index contributed by atoms with van der Waals surface area (Å²) in [5, 5.41) is 10.9. The van der Waals surface area contributed by atoms with Gasteiger partial charge in [-0.3, -0.25) is 4.68 Å². The number of hydrogen-bond donors (Lipinski definition) is 1. The Labute approximate surface area is 106 Å². The Balaban J connectivity index is 1.69. The van der Waals surface area contributed by atoms with E-state index < -0.39 is 0 Å². The molecule has 0 aliphatic rings. The highest BCUT2D eigenvalue weighted by atomic mass is 32.1. The van der Waals surface area contributed by atoms with Crippen molar-refractivity contribution in [1.29, 1.82) is 0 Å². The molecular weight excluding hydrogens is 232 g/mol. The molecule has 4 nitrogen and oxygen atoms in total. The zero-order valence-electron chi connectivity index (χ0n) is 10.3. The second-order valence-corrected chi connectivity index (χ2v) is 5.26. The third-order valence-electron chi connectivity index (χ3n) is 2.65. The number of nitrogens with one attached hydrogen (secondary N) is 1. The van der Waals surface area contributed by atoms with Crippen LogP contribution in [-0.4, -0.2) is 20.8 Å². The van der Waals surface area contributed by atoms with Crippen molar-refractivity contribution < 1.29 is 0 Å². The third kappa shape index (κ3) is 3.94. The molecule has 0 fully saturated rings. The molecule has 0 saturated heterocycles. The summed E-state index contributed by atoms with van der Waals surface area (Å²) >= 11 is 1.70. The molecule has 92 valence electrons. The van der Waals surface area contributed by atoms with E-state index >= 15 is 0 Å². The fraction of sp³-hybridized carbons (Fsp3) is 0.500. The van der Waals surface area contributed by atoms with E-state index in [4.69, 9.17) is 0 Å². The Hall–Kier alpha value is -1.20. The van der Waals surface area contributed by atoms with Crippen LogP contribution in [0.15, 0.2) is 23.8 Å². The fourth-order valence-electron chi connectivity index (χ4n) is 1.63. The van der Waals surface area contributed by atoms with Crippen LogP contribution in [0.2, 0.25) is 0 Å². The fourth-order valence-corrected chi connectivity index (χ4v) is 2.24. The normalized spacial score (nSPS) is 12.8. The van der Waals surface area contributed by atoms with Crippen LogP contribution >= 0.6 is 11.3 Å². The molecule has 2 rings (SSSR count). The molecule has 2 aromatic rings. The molecular formula is C12H18N4S. The van der Waals surface area contributed by atoms with E-state index in [0.717, 1.165) is 30.2 Å².